The summed E-state index contributed by atoms with van der Waals surface area (Å²) < 4.78 is 13.8. The first-order valence-electron chi connectivity index (χ1n) is 4.82. The van der Waals surface area contributed by atoms with Crippen molar-refractivity contribution in [2.24, 2.45) is 5.73 Å². The van der Waals surface area contributed by atoms with E-state index in [0.29, 0.717) is 4.91 Å². The molecule has 0 fully saturated rings. The summed E-state index contributed by atoms with van der Waals surface area (Å²) in [5.41, 5.74) is 5.45. The predicted octanol–water partition coefficient (Wildman–Crippen LogP) is 1.45. The minimum absolute atomic E-state index is 0.636. The average molecular weight is 224 g/mol. The fourth-order valence-electron chi connectivity index (χ4n) is 1.18. The SMILES string of the molecule is C\C=C/C=C\C(=C\N)S(=O)N1CC=CC1. The average Bonchev–Trinajstić information content (AvgIpc) is 2.77. The van der Waals surface area contributed by atoms with Gasteiger partial charge in [0.2, 0.25) is 0 Å². The highest BCUT2D eigenvalue weighted by Crippen LogP contribution is 2.11. The van der Waals surface area contributed by atoms with Crippen molar-refractivity contribution in [2.75, 3.05) is 13.1 Å². The van der Waals surface area contributed by atoms with Crippen LogP contribution in [0, 0.1) is 0 Å². The second-order valence-corrected chi connectivity index (χ2v) is 4.51. The molecule has 3 nitrogen and oxygen atoms in total. The van der Waals surface area contributed by atoms with Crippen LogP contribution >= 0.6 is 0 Å². The third-order valence-corrected chi connectivity index (χ3v) is 3.39. The van der Waals surface area contributed by atoms with Gasteiger partial charge in [-0.1, -0.05) is 30.4 Å². The molecule has 0 aromatic heterocycles. The molecule has 1 rings (SSSR count). The Morgan fingerprint density at radius 1 is 1.40 bits per heavy atom. The van der Waals surface area contributed by atoms with Gasteiger partial charge in [-0.3, -0.25) is 0 Å². The van der Waals surface area contributed by atoms with Crippen LogP contribution in [0.4, 0.5) is 0 Å². The largest absolute Gasteiger partial charge is 0.404 e. The van der Waals surface area contributed by atoms with E-state index in [2.05, 4.69) is 0 Å². The minimum atomic E-state index is -1.15. The van der Waals surface area contributed by atoms with Crippen LogP contribution in [0.15, 0.2) is 47.6 Å². The number of allylic oxidation sites excluding steroid dienone is 4. The zero-order chi connectivity index (χ0) is 11.1. The zero-order valence-electron chi connectivity index (χ0n) is 8.80. The van der Waals surface area contributed by atoms with E-state index in [1.807, 2.05) is 41.6 Å². The quantitative estimate of drug-likeness (QED) is 0.580. The number of rotatable bonds is 4. The lowest BCUT2D eigenvalue weighted by molar-refractivity contribution is 0.557. The van der Waals surface area contributed by atoms with E-state index < -0.39 is 11.0 Å². The molecule has 2 N–H and O–H groups in total. The summed E-state index contributed by atoms with van der Waals surface area (Å²) in [4.78, 5) is 0.636. The van der Waals surface area contributed by atoms with E-state index >= 15 is 0 Å². The van der Waals surface area contributed by atoms with Gasteiger partial charge in [-0.25, -0.2) is 8.51 Å². The normalized spacial score (nSPS) is 20.7. The summed E-state index contributed by atoms with van der Waals surface area (Å²) in [7, 11) is -1.15. The van der Waals surface area contributed by atoms with Gasteiger partial charge in [-0.2, -0.15) is 0 Å². The molecule has 0 bridgehead atoms. The van der Waals surface area contributed by atoms with Gasteiger partial charge < -0.3 is 5.73 Å². The molecule has 0 saturated carbocycles. The third kappa shape index (κ3) is 3.49. The fraction of sp³-hybridized carbons (Fsp3) is 0.273. The third-order valence-electron chi connectivity index (χ3n) is 1.95. The minimum Gasteiger partial charge on any atom is -0.404 e. The van der Waals surface area contributed by atoms with E-state index in [1.165, 1.54) is 6.20 Å². The summed E-state index contributed by atoms with van der Waals surface area (Å²) in [6.45, 7) is 3.38. The van der Waals surface area contributed by atoms with Crippen LogP contribution in [-0.4, -0.2) is 21.6 Å². The molecule has 0 aromatic carbocycles. The molecule has 1 atom stereocenters. The first kappa shape index (κ1) is 11.9. The first-order valence-corrected chi connectivity index (χ1v) is 5.93. The molecule has 82 valence electrons. The van der Waals surface area contributed by atoms with Crippen LogP contribution in [-0.2, 0) is 11.0 Å². The molecule has 0 aliphatic carbocycles. The molecule has 1 unspecified atom stereocenters. The van der Waals surface area contributed by atoms with Crippen molar-refractivity contribution in [1.29, 1.82) is 0 Å². The molecular formula is C11H16N2OS. The Labute approximate surface area is 93.2 Å². The van der Waals surface area contributed by atoms with Gasteiger partial charge in [-0.15, -0.1) is 0 Å². The lowest BCUT2D eigenvalue weighted by Crippen LogP contribution is -2.23. The van der Waals surface area contributed by atoms with Crippen LogP contribution in [0.5, 0.6) is 0 Å². The molecule has 1 heterocycles. The van der Waals surface area contributed by atoms with E-state index in [0.717, 1.165) is 13.1 Å². The lowest BCUT2D eigenvalue weighted by Gasteiger charge is -2.13. The van der Waals surface area contributed by atoms with Gasteiger partial charge in [0.25, 0.3) is 0 Å². The Hall–Kier alpha value is -1.13. The van der Waals surface area contributed by atoms with Gasteiger partial charge in [0.15, 0.2) is 0 Å². The number of hydrogen-bond acceptors (Lipinski definition) is 2. The second-order valence-electron chi connectivity index (χ2n) is 3.02. The summed E-state index contributed by atoms with van der Waals surface area (Å²) >= 11 is 0. The van der Waals surface area contributed by atoms with Crippen molar-refractivity contribution in [3.63, 3.8) is 0 Å². The van der Waals surface area contributed by atoms with Gasteiger partial charge in [0.05, 0.1) is 4.91 Å². The van der Waals surface area contributed by atoms with Crippen LogP contribution in [0.1, 0.15) is 6.92 Å². The monoisotopic (exact) mass is 224 g/mol. The van der Waals surface area contributed by atoms with E-state index in [1.54, 1.807) is 6.08 Å². The maximum atomic E-state index is 11.9. The van der Waals surface area contributed by atoms with E-state index in [9.17, 15) is 4.21 Å². The maximum absolute atomic E-state index is 11.9. The van der Waals surface area contributed by atoms with Crippen LogP contribution in [0.2, 0.25) is 0 Å². The first-order chi connectivity index (χ1) is 7.29. The summed E-state index contributed by atoms with van der Waals surface area (Å²) in [5.74, 6) is 0. The Kier molecular flexibility index (Phi) is 5.07. The van der Waals surface area contributed by atoms with Gasteiger partial charge in [0, 0.05) is 19.3 Å². The molecule has 1 aliphatic heterocycles. The fourth-order valence-corrected chi connectivity index (χ4v) is 2.23. The Morgan fingerprint density at radius 3 is 2.60 bits per heavy atom. The van der Waals surface area contributed by atoms with Crippen LogP contribution < -0.4 is 5.73 Å². The van der Waals surface area contributed by atoms with Gasteiger partial charge >= 0.3 is 0 Å². The molecule has 0 aromatic rings. The number of nitrogens with zero attached hydrogens (tertiary/aromatic N) is 1. The van der Waals surface area contributed by atoms with Crippen molar-refractivity contribution >= 4 is 11.0 Å². The predicted molar refractivity (Wildman–Crippen MR) is 65.1 cm³/mol. The Bertz CT molecular complexity index is 334. The van der Waals surface area contributed by atoms with Crippen molar-refractivity contribution in [3.8, 4) is 0 Å². The topological polar surface area (TPSA) is 46.3 Å². The van der Waals surface area contributed by atoms with Crippen molar-refractivity contribution < 1.29 is 4.21 Å². The number of nitrogens with two attached hydrogens (primary N) is 1. The lowest BCUT2D eigenvalue weighted by atomic mass is 10.4. The molecule has 0 amide bonds. The summed E-state index contributed by atoms with van der Waals surface area (Å²) in [6, 6.07) is 0. The molecule has 0 saturated heterocycles. The molecule has 15 heavy (non-hydrogen) atoms. The standard InChI is InChI=1S/C11H16N2OS/c1-2-3-4-7-11(10-12)15(14)13-8-5-6-9-13/h2-7,10H,8-9,12H2,1H3/b3-2-,7-4-,11-10-. The Balaban J connectivity index is 2.63. The maximum Gasteiger partial charge on any atom is 0.129 e. The molecule has 0 radical (unpaired) electrons. The number of hydrogen-bond donors (Lipinski definition) is 1. The highest BCUT2D eigenvalue weighted by atomic mass is 32.2. The molecule has 4 heteroatoms. The van der Waals surface area contributed by atoms with E-state index in [-0.39, 0.29) is 0 Å². The summed E-state index contributed by atoms with van der Waals surface area (Å²) in [5, 5.41) is 0. The van der Waals surface area contributed by atoms with Gasteiger partial charge in [-0.05, 0) is 13.0 Å². The van der Waals surface area contributed by atoms with Crippen LogP contribution in [0.3, 0.4) is 0 Å². The zero-order valence-corrected chi connectivity index (χ0v) is 9.61. The second kappa shape index (κ2) is 6.37. The summed E-state index contributed by atoms with van der Waals surface area (Å²) in [6.07, 6.45) is 12.8. The molecular weight excluding hydrogens is 208 g/mol. The molecule has 0 spiro atoms. The van der Waals surface area contributed by atoms with Gasteiger partial charge in [0.1, 0.15) is 11.0 Å². The van der Waals surface area contributed by atoms with Crippen molar-refractivity contribution in [3.05, 3.63) is 47.6 Å². The van der Waals surface area contributed by atoms with Crippen molar-refractivity contribution in [1.82, 2.24) is 4.31 Å². The highest BCUT2D eigenvalue weighted by Gasteiger charge is 2.15. The Morgan fingerprint density at radius 2 is 2.07 bits per heavy atom. The smallest absolute Gasteiger partial charge is 0.129 e. The van der Waals surface area contributed by atoms with E-state index in [4.69, 9.17) is 5.73 Å². The molecule has 1 aliphatic rings. The van der Waals surface area contributed by atoms with Crippen LogP contribution in [0.25, 0.3) is 0 Å². The van der Waals surface area contributed by atoms with Crippen molar-refractivity contribution in [2.45, 2.75) is 6.92 Å². The highest BCUT2D eigenvalue weighted by molar-refractivity contribution is 7.86.